The number of hydrogen-bond acceptors (Lipinski definition) is 5. The van der Waals surface area contributed by atoms with Crippen molar-refractivity contribution < 1.29 is 14.7 Å². The summed E-state index contributed by atoms with van der Waals surface area (Å²) < 4.78 is 5.12. The van der Waals surface area contributed by atoms with Crippen LogP contribution in [0.1, 0.15) is 23.2 Å². The lowest BCUT2D eigenvalue weighted by Gasteiger charge is -2.29. The highest BCUT2D eigenvalue weighted by molar-refractivity contribution is 5.95. The normalized spacial score (nSPS) is 16.8. The Morgan fingerprint density at radius 3 is 2.70 bits per heavy atom. The number of benzene rings is 1. The van der Waals surface area contributed by atoms with Crippen LogP contribution in [0.15, 0.2) is 18.2 Å². The Labute approximate surface area is 118 Å². The third kappa shape index (κ3) is 3.40. The lowest BCUT2D eigenvalue weighted by molar-refractivity contribution is 0.0916. The molecule has 20 heavy (non-hydrogen) atoms. The number of likely N-dealkylation sites (tertiary alicyclic amines) is 1. The van der Waals surface area contributed by atoms with Crippen LogP contribution in [0.4, 0.5) is 5.69 Å². The van der Waals surface area contributed by atoms with Gasteiger partial charge in [0.05, 0.1) is 7.11 Å². The molecular weight excluding hydrogens is 258 g/mol. The van der Waals surface area contributed by atoms with Crippen molar-refractivity contribution in [1.29, 1.82) is 0 Å². The van der Waals surface area contributed by atoms with E-state index < -0.39 is 0 Å². The summed E-state index contributed by atoms with van der Waals surface area (Å²) in [5, 5.41) is 12.0. The van der Waals surface area contributed by atoms with E-state index in [9.17, 15) is 4.79 Å². The number of nitrogens with zero attached hydrogens (tertiary/aromatic N) is 1. The number of hydrogen-bond donors (Lipinski definition) is 3. The predicted octanol–water partition coefficient (Wildman–Crippen LogP) is 1.32. The Morgan fingerprint density at radius 2 is 2.10 bits per heavy atom. The number of carbonyl (C=O) groups is 1. The zero-order valence-electron chi connectivity index (χ0n) is 11.8. The highest BCUT2D eigenvalue weighted by Crippen LogP contribution is 2.25. The summed E-state index contributed by atoms with van der Waals surface area (Å²) >= 11 is 0. The number of piperidine rings is 1. The Kier molecular flexibility index (Phi) is 4.81. The molecule has 0 radical (unpaired) electrons. The minimum absolute atomic E-state index is 0.109. The molecule has 6 heteroatoms. The Hall–Kier alpha value is -1.79. The monoisotopic (exact) mass is 279 g/mol. The van der Waals surface area contributed by atoms with Gasteiger partial charge in [-0.1, -0.05) is 0 Å². The first kappa shape index (κ1) is 14.6. The molecule has 1 fully saturated rings. The molecule has 0 bridgehead atoms. The van der Waals surface area contributed by atoms with Crippen LogP contribution in [-0.2, 0) is 0 Å². The fraction of sp³-hybridized carbons (Fsp3) is 0.500. The molecule has 2 rings (SSSR count). The number of amides is 1. The maximum Gasteiger partial charge on any atom is 0.251 e. The number of nitrogens with one attached hydrogen (secondary N) is 2. The molecule has 0 spiro atoms. The van der Waals surface area contributed by atoms with Gasteiger partial charge in [-0.25, -0.2) is 0 Å². The number of carbonyl (C=O) groups excluding carboxylic acids is 1. The lowest BCUT2D eigenvalue weighted by Crippen LogP contribution is -2.43. The summed E-state index contributed by atoms with van der Waals surface area (Å²) in [4.78, 5) is 14.5. The number of ether oxygens (including phenoxy) is 1. The quantitative estimate of drug-likeness (QED) is 0.725. The average molecular weight is 279 g/mol. The fourth-order valence-corrected chi connectivity index (χ4v) is 2.35. The van der Waals surface area contributed by atoms with Crippen LogP contribution in [0, 0.1) is 0 Å². The van der Waals surface area contributed by atoms with Crippen LogP contribution in [0.25, 0.3) is 0 Å². The zero-order chi connectivity index (χ0) is 14.5. The van der Waals surface area contributed by atoms with Crippen molar-refractivity contribution in [2.75, 3.05) is 32.7 Å². The number of methoxy groups -OCH3 is 1. The van der Waals surface area contributed by atoms with Gasteiger partial charge in [-0.05, 0) is 51.2 Å². The molecule has 0 aromatic heterocycles. The molecule has 1 aliphatic heterocycles. The standard InChI is InChI=1S/C14H21N3O3/c1-17-7-5-11(6-8-17)15-14(18)10-3-4-12(16-19)13(9-10)20-2/h3-4,9,11,16,19H,5-8H2,1-2H3,(H,15,18). The van der Waals surface area contributed by atoms with E-state index >= 15 is 0 Å². The molecule has 0 unspecified atom stereocenters. The van der Waals surface area contributed by atoms with E-state index in [1.165, 1.54) is 7.11 Å². The van der Waals surface area contributed by atoms with E-state index in [2.05, 4.69) is 17.3 Å². The first-order valence-electron chi connectivity index (χ1n) is 6.71. The minimum Gasteiger partial charge on any atom is -0.494 e. The molecule has 0 saturated carbocycles. The first-order chi connectivity index (χ1) is 9.63. The van der Waals surface area contributed by atoms with Crippen LogP contribution in [0.3, 0.4) is 0 Å². The first-order valence-corrected chi connectivity index (χ1v) is 6.71. The molecule has 1 heterocycles. The summed E-state index contributed by atoms with van der Waals surface area (Å²) in [5.41, 5.74) is 3.00. The molecule has 1 aromatic carbocycles. The van der Waals surface area contributed by atoms with Gasteiger partial charge in [-0.2, -0.15) is 0 Å². The minimum atomic E-state index is -0.109. The van der Waals surface area contributed by atoms with Gasteiger partial charge in [-0.3, -0.25) is 15.5 Å². The van der Waals surface area contributed by atoms with Crippen LogP contribution < -0.4 is 15.5 Å². The van der Waals surface area contributed by atoms with Crippen molar-refractivity contribution in [2.24, 2.45) is 0 Å². The van der Waals surface area contributed by atoms with Gasteiger partial charge in [0, 0.05) is 11.6 Å². The second kappa shape index (κ2) is 6.58. The third-order valence-corrected chi connectivity index (χ3v) is 3.64. The van der Waals surface area contributed by atoms with Crippen LogP contribution in [-0.4, -0.2) is 49.3 Å². The predicted molar refractivity (Wildman–Crippen MR) is 76.4 cm³/mol. The highest BCUT2D eigenvalue weighted by Gasteiger charge is 2.19. The molecule has 1 amide bonds. The van der Waals surface area contributed by atoms with Gasteiger partial charge in [0.1, 0.15) is 11.4 Å². The Balaban J connectivity index is 2.02. The van der Waals surface area contributed by atoms with E-state index in [0.29, 0.717) is 17.0 Å². The SMILES string of the molecule is COc1cc(C(=O)NC2CCN(C)CC2)ccc1NO. The van der Waals surface area contributed by atoms with Gasteiger partial charge in [0.25, 0.3) is 5.91 Å². The maximum absolute atomic E-state index is 12.2. The molecule has 0 atom stereocenters. The topological polar surface area (TPSA) is 73.8 Å². The van der Waals surface area contributed by atoms with Gasteiger partial charge in [-0.15, -0.1) is 0 Å². The van der Waals surface area contributed by atoms with Gasteiger partial charge in [0.15, 0.2) is 0 Å². The molecular formula is C14H21N3O3. The van der Waals surface area contributed by atoms with Crippen molar-refractivity contribution in [1.82, 2.24) is 10.2 Å². The van der Waals surface area contributed by atoms with E-state index in [1.807, 2.05) is 5.48 Å². The largest absolute Gasteiger partial charge is 0.494 e. The molecule has 6 nitrogen and oxygen atoms in total. The zero-order valence-corrected chi connectivity index (χ0v) is 11.8. The van der Waals surface area contributed by atoms with Crippen LogP contribution in [0.5, 0.6) is 5.75 Å². The van der Waals surface area contributed by atoms with Gasteiger partial charge >= 0.3 is 0 Å². The Morgan fingerprint density at radius 1 is 1.40 bits per heavy atom. The second-order valence-electron chi connectivity index (χ2n) is 5.08. The summed E-state index contributed by atoms with van der Waals surface area (Å²) in [6, 6.07) is 5.11. The second-order valence-corrected chi connectivity index (χ2v) is 5.08. The smallest absolute Gasteiger partial charge is 0.251 e. The van der Waals surface area contributed by atoms with Crippen molar-refractivity contribution >= 4 is 11.6 Å². The highest BCUT2D eigenvalue weighted by atomic mass is 16.5. The van der Waals surface area contributed by atoms with E-state index in [1.54, 1.807) is 18.2 Å². The molecule has 0 aliphatic carbocycles. The maximum atomic E-state index is 12.2. The lowest BCUT2D eigenvalue weighted by atomic mass is 10.0. The van der Waals surface area contributed by atoms with Crippen molar-refractivity contribution in [2.45, 2.75) is 18.9 Å². The van der Waals surface area contributed by atoms with Crippen LogP contribution in [0.2, 0.25) is 0 Å². The Bertz CT molecular complexity index is 471. The van der Waals surface area contributed by atoms with Crippen molar-refractivity contribution in [3.63, 3.8) is 0 Å². The summed E-state index contributed by atoms with van der Waals surface area (Å²) in [6.45, 7) is 2.00. The van der Waals surface area contributed by atoms with E-state index in [4.69, 9.17) is 9.94 Å². The van der Waals surface area contributed by atoms with Gasteiger partial charge < -0.3 is 15.0 Å². The van der Waals surface area contributed by atoms with Crippen molar-refractivity contribution in [3.05, 3.63) is 23.8 Å². The van der Waals surface area contributed by atoms with E-state index in [-0.39, 0.29) is 11.9 Å². The van der Waals surface area contributed by atoms with Crippen LogP contribution >= 0.6 is 0 Å². The average Bonchev–Trinajstić information content (AvgIpc) is 2.48. The number of rotatable bonds is 4. The molecule has 3 N–H and O–H groups in total. The molecule has 1 saturated heterocycles. The number of anilines is 1. The summed E-state index contributed by atoms with van der Waals surface area (Å²) in [5.74, 6) is 0.325. The molecule has 1 aliphatic rings. The van der Waals surface area contributed by atoms with Gasteiger partial charge in [0.2, 0.25) is 0 Å². The summed E-state index contributed by atoms with van der Waals surface area (Å²) in [6.07, 6.45) is 1.94. The third-order valence-electron chi connectivity index (χ3n) is 3.64. The summed E-state index contributed by atoms with van der Waals surface area (Å²) in [7, 11) is 3.58. The molecule has 1 aromatic rings. The van der Waals surface area contributed by atoms with E-state index in [0.717, 1.165) is 25.9 Å². The molecule has 110 valence electrons. The van der Waals surface area contributed by atoms with Crippen molar-refractivity contribution in [3.8, 4) is 5.75 Å². The fourth-order valence-electron chi connectivity index (χ4n) is 2.35.